The molecule has 160 valence electrons. The average Bonchev–Trinajstić information content (AvgIpc) is 3.22. The van der Waals surface area contributed by atoms with Crippen LogP contribution in [0.3, 0.4) is 0 Å². The number of hydrogen-bond acceptors (Lipinski definition) is 7. The number of nitrogens with zero attached hydrogens (tertiary/aromatic N) is 3. The van der Waals surface area contributed by atoms with Crippen LogP contribution < -0.4 is 10.1 Å². The van der Waals surface area contributed by atoms with Crippen LogP contribution in [-0.2, 0) is 15.7 Å². The Hall–Kier alpha value is -3.56. The van der Waals surface area contributed by atoms with E-state index in [2.05, 4.69) is 20.3 Å². The summed E-state index contributed by atoms with van der Waals surface area (Å²) in [4.78, 5) is 21.6. The van der Waals surface area contributed by atoms with Gasteiger partial charge in [0, 0.05) is 12.5 Å². The molecule has 1 N–H and O–H groups in total. The van der Waals surface area contributed by atoms with Gasteiger partial charge in [-0.05, 0) is 24.3 Å². The minimum atomic E-state index is -4.78. The number of anilines is 2. The standard InChI is InChI=1S/C20H14F4N4O3/c21-11-1-2-15(17(5-11)31-13-3-4-30-8-13)28-19-18-14(20(22,23)24)6-12(27-10-29)7-16(18)25-9-26-19/h1-2,5-7,9,13H,3-4,8H2,(H,25,26,28). The van der Waals surface area contributed by atoms with Gasteiger partial charge in [-0.3, -0.25) is 0 Å². The Morgan fingerprint density at radius 3 is 2.77 bits per heavy atom. The maximum atomic E-state index is 13.8. The summed E-state index contributed by atoms with van der Waals surface area (Å²) in [5, 5.41) is 2.46. The van der Waals surface area contributed by atoms with Crippen LogP contribution in [0.15, 0.2) is 41.7 Å². The van der Waals surface area contributed by atoms with Crippen LogP contribution >= 0.6 is 0 Å². The van der Waals surface area contributed by atoms with Crippen molar-refractivity contribution in [3.8, 4) is 5.75 Å². The van der Waals surface area contributed by atoms with Gasteiger partial charge in [-0.15, -0.1) is 0 Å². The monoisotopic (exact) mass is 434 g/mol. The van der Waals surface area contributed by atoms with E-state index in [9.17, 15) is 22.4 Å². The molecule has 2 aromatic carbocycles. The van der Waals surface area contributed by atoms with E-state index in [1.165, 1.54) is 18.2 Å². The summed E-state index contributed by atoms with van der Waals surface area (Å²) in [6.07, 6.45) is -2.21. The molecule has 1 fully saturated rings. The zero-order valence-electron chi connectivity index (χ0n) is 15.7. The van der Waals surface area contributed by atoms with Crippen LogP contribution in [0.5, 0.6) is 5.75 Å². The number of rotatable bonds is 5. The quantitative estimate of drug-likeness (QED) is 0.357. The van der Waals surface area contributed by atoms with Crippen LogP contribution in [-0.4, -0.2) is 35.4 Å². The number of carbonyl (C=O) groups excluding carboxylic acids is 1. The number of hydrogen-bond donors (Lipinski definition) is 1. The summed E-state index contributed by atoms with van der Waals surface area (Å²) in [5.74, 6) is -0.629. The summed E-state index contributed by atoms with van der Waals surface area (Å²) in [7, 11) is 0. The molecule has 3 aromatic rings. The molecule has 0 saturated carbocycles. The second kappa shape index (κ2) is 8.29. The first-order valence-corrected chi connectivity index (χ1v) is 9.10. The Morgan fingerprint density at radius 1 is 1.23 bits per heavy atom. The van der Waals surface area contributed by atoms with E-state index in [1.54, 1.807) is 0 Å². The molecule has 4 rings (SSSR count). The van der Waals surface area contributed by atoms with Gasteiger partial charge in [-0.1, -0.05) is 0 Å². The molecular weight excluding hydrogens is 420 g/mol. The highest BCUT2D eigenvalue weighted by atomic mass is 19.4. The summed E-state index contributed by atoms with van der Waals surface area (Å²) in [6, 6.07) is 5.53. The van der Waals surface area contributed by atoms with Gasteiger partial charge in [0.05, 0.1) is 41.1 Å². The lowest BCUT2D eigenvalue weighted by molar-refractivity contribution is -0.136. The molecule has 1 unspecified atom stereocenters. The predicted octanol–water partition coefficient (Wildman–Crippen LogP) is 4.67. The highest BCUT2D eigenvalue weighted by Crippen LogP contribution is 2.41. The van der Waals surface area contributed by atoms with Crippen LogP contribution in [0, 0.1) is 5.82 Å². The molecule has 0 spiro atoms. The number of ether oxygens (including phenoxy) is 2. The van der Waals surface area contributed by atoms with Crippen LogP contribution in [0.25, 0.3) is 10.9 Å². The largest absolute Gasteiger partial charge is 0.486 e. The SMILES string of the molecule is O=C=Nc1cc(C(F)(F)F)c2c(Nc3ccc(F)cc3OC3CCOC3)ncnc2c1. The fourth-order valence-electron chi connectivity index (χ4n) is 3.22. The third kappa shape index (κ3) is 4.47. The molecule has 0 bridgehead atoms. The Kier molecular flexibility index (Phi) is 5.53. The molecule has 31 heavy (non-hydrogen) atoms. The molecule has 1 aliphatic rings. The van der Waals surface area contributed by atoms with Crippen molar-refractivity contribution in [2.45, 2.75) is 18.7 Å². The molecule has 11 heteroatoms. The van der Waals surface area contributed by atoms with Crippen molar-refractivity contribution in [2.75, 3.05) is 18.5 Å². The van der Waals surface area contributed by atoms with E-state index in [0.717, 1.165) is 18.5 Å². The summed E-state index contributed by atoms with van der Waals surface area (Å²) < 4.78 is 66.0. The highest BCUT2D eigenvalue weighted by molar-refractivity contribution is 5.96. The number of isocyanates is 1. The van der Waals surface area contributed by atoms with E-state index >= 15 is 0 Å². The number of benzene rings is 2. The molecular formula is C20H14F4N4O3. The number of alkyl halides is 3. The number of nitrogens with one attached hydrogen (secondary N) is 1. The molecule has 0 amide bonds. The van der Waals surface area contributed by atoms with Gasteiger partial charge >= 0.3 is 6.18 Å². The van der Waals surface area contributed by atoms with E-state index in [1.807, 2.05) is 0 Å². The Morgan fingerprint density at radius 2 is 2.06 bits per heavy atom. The van der Waals surface area contributed by atoms with E-state index in [4.69, 9.17) is 9.47 Å². The Labute approximate surface area is 172 Å². The number of aliphatic imine (C=N–C) groups is 1. The average molecular weight is 434 g/mol. The molecule has 1 atom stereocenters. The summed E-state index contributed by atoms with van der Waals surface area (Å²) in [6.45, 7) is 0.824. The molecule has 1 aromatic heterocycles. The van der Waals surface area contributed by atoms with Crippen molar-refractivity contribution in [1.29, 1.82) is 0 Å². The van der Waals surface area contributed by atoms with E-state index in [-0.39, 0.29) is 39.9 Å². The lowest BCUT2D eigenvalue weighted by Crippen LogP contribution is -2.16. The topological polar surface area (TPSA) is 85.7 Å². The van der Waals surface area contributed by atoms with Crippen molar-refractivity contribution in [2.24, 2.45) is 4.99 Å². The van der Waals surface area contributed by atoms with Crippen molar-refractivity contribution < 1.29 is 31.8 Å². The second-order valence-electron chi connectivity index (χ2n) is 6.68. The highest BCUT2D eigenvalue weighted by Gasteiger charge is 2.35. The number of fused-ring (bicyclic) bond motifs is 1. The normalized spacial score (nSPS) is 16.2. The third-order valence-electron chi connectivity index (χ3n) is 4.58. The number of aromatic nitrogens is 2. The smallest absolute Gasteiger partial charge is 0.417 e. The van der Waals surface area contributed by atoms with Crippen LogP contribution in [0.1, 0.15) is 12.0 Å². The zero-order chi connectivity index (χ0) is 22.0. The van der Waals surface area contributed by atoms with Gasteiger partial charge in [0.15, 0.2) is 0 Å². The first kappa shape index (κ1) is 20.7. The van der Waals surface area contributed by atoms with Gasteiger partial charge < -0.3 is 14.8 Å². The molecule has 2 heterocycles. The lowest BCUT2D eigenvalue weighted by atomic mass is 10.1. The minimum Gasteiger partial charge on any atom is -0.486 e. The Balaban J connectivity index is 1.81. The third-order valence-corrected chi connectivity index (χ3v) is 4.58. The fraction of sp³-hybridized carbons (Fsp3) is 0.250. The van der Waals surface area contributed by atoms with Crippen LogP contribution in [0.2, 0.25) is 0 Å². The molecule has 7 nitrogen and oxygen atoms in total. The first-order valence-electron chi connectivity index (χ1n) is 9.10. The van der Waals surface area contributed by atoms with E-state index < -0.39 is 17.6 Å². The second-order valence-corrected chi connectivity index (χ2v) is 6.68. The van der Waals surface area contributed by atoms with Gasteiger partial charge in [-0.2, -0.15) is 18.2 Å². The minimum absolute atomic E-state index is 0.0879. The van der Waals surface area contributed by atoms with Crippen molar-refractivity contribution in [1.82, 2.24) is 9.97 Å². The molecule has 0 radical (unpaired) electrons. The van der Waals surface area contributed by atoms with Gasteiger partial charge in [0.1, 0.15) is 29.8 Å². The summed E-state index contributed by atoms with van der Waals surface area (Å²) in [5.41, 5.74) is -1.20. The van der Waals surface area contributed by atoms with Gasteiger partial charge in [0.2, 0.25) is 6.08 Å². The van der Waals surface area contributed by atoms with Gasteiger partial charge in [-0.25, -0.2) is 19.2 Å². The first-order chi connectivity index (χ1) is 14.8. The molecule has 1 saturated heterocycles. The Bertz CT molecular complexity index is 1170. The van der Waals surface area contributed by atoms with Crippen LogP contribution in [0.4, 0.5) is 34.8 Å². The zero-order valence-corrected chi connectivity index (χ0v) is 15.7. The predicted molar refractivity (Wildman–Crippen MR) is 102 cm³/mol. The van der Waals surface area contributed by atoms with Crippen molar-refractivity contribution in [3.63, 3.8) is 0 Å². The summed E-state index contributed by atoms with van der Waals surface area (Å²) >= 11 is 0. The maximum Gasteiger partial charge on any atom is 0.417 e. The van der Waals surface area contributed by atoms with Crippen molar-refractivity contribution >= 4 is 34.2 Å². The van der Waals surface area contributed by atoms with Gasteiger partial charge in [0.25, 0.3) is 0 Å². The van der Waals surface area contributed by atoms with Crippen molar-refractivity contribution in [3.05, 3.63) is 48.0 Å². The lowest BCUT2D eigenvalue weighted by Gasteiger charge is -2.18. The molecule has 1 aliphatic heterocycles. The van der Waals surface area contributed by atoms with E-state index in [0.29, 0.717) is 25.7 Å². The number of halogens is 4. The maximum absolute atomic E-state index is 13.8. The fourth-order valence-corrected chi connectivity index (χ4v) is 3.22. The molecule has 0 aliphatic carbocycles.